The molecule has 0 aliphatic heterocycles. The number of nitrogens with one attached hydrogen (secondary N) is 1. The van der Waals surface area contributed by atoms with Gasteiger partial charge in [0, 0.05) is 32.1 Å². The molecule has 5 nitrogen and oxygen atoms in total. The van der Waals surface area contributed by atoms with Crippen LogP contribution in [0.25, 0.3) is 0 Å². The lowest BCUT2D eigenvalue weighted by molar-refractivity contribution is 0.785. The van der Waals surface area contributed by atoms with E-state index in [1.165, 1.54) is 6.07 Å². The van der Waals surface area contributed by atoms with E-state index in [2.05, 4.69) is 9.97 Å². The molecule has 0 unspecified atom stereocenters. The van der Waals surface area contributed by atoms with Crippen molar-refractivity contribution in [3.8, 4) is 0 Å². The molecule has 0 saturated carbocycles. The van der Waals surface area contributed by atoms with Gasteiger partial charge in [0.15, 0.2) is 0 Å². The van der Waals surface area contributed by atoms with E-state index < -0.39 is 0 Å². The van der Waals surface area contributed by atoms with Crippen LogP contribution in [0.4, 0.5) is 5.82 Å². The van der Waals surface area contributed by atoms with Crippen molar-refractivity contribution in [1.29, 1.82) is 0 Å². The third kappa shape index (κ3) is 3.06. The minimum atomic E-state index is -0.104. The quantitative estimate of drug-likeness (QED) is 0.723. The number of aryl methyl sites for hydroxylation is 1. The molecule has 0 fully saturated rings. The van der Waals surface area contributed by atoms with Gasteiger partial charge in [-0.1, -0.05) is 6.92 Å². The molecule has 0 aliphatic carbocycles. The van der Waals surface area contributed by atoms with Crippen LogP contribution in [0.5, 0.6) is 0 Å². The number of aromatic amines is 1. The Morgan fingerprint density at radius 3 is 2.80 bits per heavy atom. The molecule has 15 heavy (non-hydrogen) atoms. The lowest BCUT2D eigenvalue weighted by atomic mass is 10.4. The standard InChI is InChI=1S/C10H18N4O/c1-3-8-12-9(7-10(15)13-8)14(4-2)6-5-11/h7H,3-6,11H2,1-2H3,(H,12,13,15). The Hall–Kier alpha value is -1.36. The molecule has 1 aromatic heterocycles. The van der Waals surface area contributed by atoms with Gasteiger partial charge < -0.3 is 15.6 Å². The summed E-state index contributed by atoms with van der Waals surface area (Å²) in [4.78, 5) is 20.4. The van der Waals surface area contributed by atoms with Gasteiger partial charge >= 0.3 is 0 Å². The van der Waals surface area contributed by atoms with E-state index in [1.54, 1.807) is 0 Å². The smallest absolute Gasteiger partial charge is 0.252 e. The third-order valence-electron chi connectivity index (χ3n) is 2.22. The summed E-state index contributed by atoms with van der Waals surface area (Å²) in [6.45, 7) is 6.06. The second-order valence-electron chi connectivity index (χ2n) is 3.27. The monoisotopic (exact) mass is 210 g/mol. The molecule has 1 aromatic rings. The van der Waals surface area contributed by atoms with Gasteiger partial charge in [-0.15, -0.1) is 0 Å². The molecule has 84 valence electrons. The van der Waals surface area contributed by atoms with E-state index in [-0.39, 0.29) is 5.56 Å². The van der Waals surface area contributed by atoms with E-state index in [1.807, 2.05) is 18.7 Å². The number of nitrogens with zero attached hydrogens (tertiary/aromatic N) is 2. The summed E-state index contributed by atoms with van der Waals surface area (Å²) in [5.41, 5.74) is 5.39. The summed E-state index contributed by atoms with van der Waals surface area (Å²) in [5.74, 6) is 1.43. The second kappa shape index (κ2) is 5.50. The molecule has 0 aliphatic rings. The zero-order chi connectivity index (χ0) is 11.3. The largest absolute Gasteiger partial charge is 0.355 e. The maximum Gasteiger partial charge on any atom is 0.252 e. The van der Waals surface area contributed by atoms with Crippen LogP contribution in [-0.4, -0.2) is 29.6 Å². The van der Waals surface area contributed by atoms with Crippen LogP contribution >= 0.6 is 0 Å². The minimum absolute atomic E-state index is 0.104. The number of aromatic nitrogens is 2. The van der Waals surface area contributed by atoms with E-state index >= 15 is 0 Å². The Kier molecular flexibility index (Phi) is 4.30. The molecule has 0 amide bonds. The Morgan fingerprint density at radius 1 is 1.53 bits per heavy atom. The Morgan fingerprint density at radius 2 is 2.27 bits per heavy atom. The van der Waals surface area contributed by atoms with Crippen molar-refractivity contribution in [2.24, 2.45) is 5.73 Å². The lowest BCUT2D eigenvalue weighted by Crippen LogP contribution is -2.31. The fourth-order valence-electron chi connectivity index (χ4n) is 1.41. The molecule has 5 heteroatoms. The summed E-state index contributed by atoms with van der Waals surface area (Å²) in [6, 6.07) is 1.51. The number of anilines is 1. The zero-order valence-corrected chi connectivity index (χ0v) is 9.29. The van der Waals surface area contributed by atoms with Gasteiger partial charge in [-0.25, -0.2) is 4.98 Å². The first-order valence-corrected chi connectivity index (χ1v) is 5.26. The van der Waals surface area contributed by atoms with Gasteiger partial charge in [0.2, 0.25) is 0 Å². The van der Waals surface area contributed by atoms with Gasteiger partial charge in [-0.3, -0.25) is 4.79 Å². The first kappa shape index (κ1) is 11.7. The molecule has 0 atom stereocenters. The Labute approximate surface area is 89.3 Å². The van der Waals surface area contributed by atoms with Crippen molar-refractivity contribution in [3.63, 3.8) is 0 Å². The Balaban J connectivity index is 3.00. The molecule has 3 N–H and O–H groups in total. The zero-order valence-electron chi connectivity index (χ0n) is 9.29. The van der Waals surface area contributed by atoms with E-state index in [0.29, 0.717) is 18.2 Å². The van der Waals surface area contributed by atoms with Crippen LogP contribution in [0.2, 0.25) is 0 Å². The summed E-state index contributed by atoms with van der Waals surface area (Å²) in [5, 5.41) is 0. The fourth-order valence-corrected chi connectivity index (χ4v) is 1.41. The molecule has 0 spiro atoms. The highest BCUT2D eigenvalue weighted by molar-refractivity contribution is 5.37. The molecule has 0 aromatic carbocycles. The predicted octanol–water partition coefficient (Wildman–Crippen LogP) is 0.117. The van der Waals surface area contributed by atoms with Gasteiger partial charge in [0.1, 0.15) is 11.6 Å². The average Bonchev–Trinajstić information content (AvgIpc) is 2.24. The fraction of sp³-hybridized carbons (Fsp3) is 0.600. The highest BCUT2D eigenvalue weighted by Crippen LogP contribution is 2.06. The van der Waals surface area contributed by atoms with E-state index in [0.717, 1.165) is 19.5 Å². The second-order valence-corrected chi connectivity index (χ2v) is 3.27. The van der Waals surface area contributed by atoms with Crippen molar-refractivity contribution in [2.75, 3.05) is 24.5 Å². The number of hydrogen-bond donors (Lipinski definition) is 2. The highest BCUT2D eigenvalue weighted by atomic mass is 16.1. The molecule has 1 rings (SSSR count). The van der Waals surface area contributed by atoms with Crippen LogP contribution in [0.1, 0.15) is 19.7 Å². The first-order valence-electron chi connectivity index (χ1n) is 5.26. The predicted molar refractivity (Wildman–Crippen MR) is 61.2 cm³/mol. The number of likely N-dealkylation sites (N-methyl/N-ethyl adjacent to an activating group) is 1. The van der Waals surface area contributed by atoms with Crippen LogP contribution in [0, 0.1) is 0 Å². The van der Waals surface area contributed by atoms with Gasteiger partial charge in [-0.2, -0.15) is 0 Å². The van der Waals surface area contributed by atoms with E-state index in [4.69, 9.17) is 5.73 Å². The van der Waals surface area contributed by atoms with Crippen LogP contribution in [0.3, 0.4) is 0 Å². The van der Waals surface area contributed by atoms with Gasteiger partial charge in [-0.05, 0) is 6.92 Å². The van der Waals surface area contributed by atoms with Crippen molar-refractivity contribution in [3.05, 3.63) is 22.2 Å². The first-order chi connectivity index (χ1) is 7.21. The maximum absolute atomic E-state index is 11.3. The van der Waals surface area contributed by atoms with Gasteiger partial charge in [0.25, 0.3) is 5.56 Å². The number of nitrogens with two attached hydrogens (primary N) is 1. The molecular formula is C10H18N4O. The topological polar surface area (TPSA) is 75.0 Å². The van der Waals surface area contributed by atoms with E-state index in [9.17, 15) is 4.79 Å². The third-order valence-corrected chi connectivity index (χ3v) is 2.22. The van der Waals surface area contributed by atoms with Crippen molar-refractivity contribution >= 4 is 5.82 Å². The number of hydrogen-bond acceptors (Lipinski definition) is 4. The number of rotatable bonds is 5. The Bertz CT molecular complexity index is 361. The van der Waals surface area contributed by atoms with Gasteiger partial charge in [0.05, 0.1) is 0 Å². The average molecular weight is 210 g/mol. The molecule has 0 radical (unpaired) electrons. The molecule has 1 heterocycles. The SMILES string of the molecule is CCc1nc(N(CC)CCN)cc(=O)[nH]1. The minimum Gasteiger partial charge on any atom is -0.355 e. The maximum atomic E-state index is 11.3. The van der Waals surface area contributed by atoms with Crippen LogP contribution < -0.4 is 16.2 Å². The normalized spacial score (nSPS) is 10.3. The molecular weight excluding hydrogens is 192 g/mol. The van der Waals surface area contributed by atoms with Crippen molar-refractivity contribution in [2.45, 2.75) is 20.3 Å². The van der Waals surface area contributed by atoms with Crippen LogP contribution in [-0.2, 0) is 6.42 Å². The molecule has 0 saturated heterocycles. The number of H-pyrrole nitrogens is 1. The summed E-state index contributed by atoms with van der Waals surface area (Å²) >= 11 is 0. The summed E-state index contributed by atoms with van der Waals surface area (Å²) in [7, 11) is 0. The van der Waals surface area contributed by atoms with Crippen LogP contribution in [0.15, 0.2) is 10.9 Å². The van der Waals surface area contributed by atoms with Crippen molar-refractivity contribution < 1.29 is 0 Å². The summed E-state index contributed by atoms with van der Waals surface area (Å²) in [6.07, 6.45) is 0.725. The highest BCUT2D eigenvalue weighted by Gasteiger charge is 2.06. The van der Waals surface area contributed by atoms with Crippen molar-refractivity contribution in [1.82, 2.24) is 9.97 Å². The summed E-state index contributed by atoms with van der Waals surface area (Å²) < 4.78 is 0. The molecule has 0 bridgehead atoms. The lowest BCUT2D eigenvalue weighted by Gasteiger charge is -2.20.